The van der Waals surface area contributed by atoms with Crippen molar-refractivity contribution in [1.82, 2.24) is 20.1 Å². The minimum absolute atomic E-state index is 0.0515. The van der Waals surface area contributed by atoms with E-state index in [9.17, 15) is 9.59 Å². The third-order valence-corrected chi connectivity index (χ3v) is 5.93. The monoisotopic (exact) mass is 497 g/mol. The van der Waals surface area contributed by atoms with Crippen molar-refractivity contribution in [3.8, 4) is 22.6 Å². The average Bonchev–Trinajstić information content (AvgIpc) is 3.52. The van der Waals surface area contributed by atoms with Gasteiger partial charge < -0.3 is 19.4 Å². The molecule has 0 radical (unpaired) electrons. The Balaban J connectivity index is 1.43. The summed E-state index contributed by atoms with van der Waals surface area (Å²) in [5, 5.41) is 15.8. The molecule has 5 rings (SSSR count). The van der Waals surface area contributed by atoms with Crippen LogP contribution in [0.4, 0.5) is 10.5 Å². The molecule has 0 aliphatic rings. The molecule has 1 unspecified atom stereocenters. The van der Waals surface area contributed by atoms with Gasteiger partial charge in [0.2, 0.25) is 5.76 Å². The minimum atomic E-state index is -0.889. The van der Waals surface area contributed by atoms with Crippen LogP contribution in [0.15, 0.2) is 71.6 Å². The molecule has 37 heavy (non-hydrogen) atoms. The van der Waals surface area contributed by atoms with Crippen LogP contribution in [0.1, 0.15) is 29.8 Å². The molecule has 0 aliphatic carbocycles. The van der Waals surface area contributed by atoms with Gasteiger partial charge in [0, 0.05) is 11.8 Å². The van der Waals surface area contributed by atoms with Gasteiger partial charge in [0.1, 0.15) is 28.7 Å². The maximum absolute atomic E-state index is 12.7. The highest BCUT2D eigenvalue weighted by Crippen LogP contribution is 2.36. The van der Waals surface area contributed by atoms with Crippen molar-refractivity contribution in [2.24, 2.45) is 0 Å². The molecule has 3 heterocycles. The van der Waals surface area contributed by atoms with Gasteiger partial charge >= 0.3 is 12.1 Å². The number of carboxylic acid groups (broad SMARTS) is 1. The van der Waals surface area contributed by atoms with Crippen LogP contribution in [0.2, 0.25) is 0 Å². The summed E-state index contributed by atoms with van der Waals surface area (Å²) >= 11 is 0. The number of pyridine rings is 1. The van der Waals surface area contributed by atoms with E-state index in [0.29, 0.717) is 33.7 Å². The number of hydrogen-bond donors (Lipinski definition) is 3. The highest BCUT2D eigenvalue weighted by atomic mass is 16.6. The number of imidazole rings is 1. The normalized spacial score (nSPS) is 11.8. The Hall–Kier alpha value is -4.99. The maximum Gasteiger partial charge on any atom is 0.412 e. The number of carboxylic acids is 1. The quantitative estimate of drug-likeness (QED) is 0.266. The van der Waals surface area contributed by atoms with E-state index in [1.165, 1.54) is 0 Å². The van der Waals surface area contributed by atoms with Crippen LogP contribution in [-0.4, -0.2) is 37.3 Å². The van der Waals surface area contributed by atoms with Crippen molar-refractivity contribution in [2.45, 2.75) is 26.4 Å². The topological polar surface area (TPSA) is 143 Å². The van der Waals surface area contributed by atoms with Gasteiger partial charge in [-0.25, -0.2) is 14.8 Å². The van der Waals surface area contributed by atoms with E-state index in [-0.39, 0.29) is 12.2 Å². The first-order chi connectivity index (χ1) is 17.9. The fourth-order valence-corrected chi connectivity index (χ4v) is 4.06. The maximum atomic E-state index is 12.7. The lowest BCUT2D eigenvalue weighted by atomic mass is 10.0. The number of carbonyl (C=O) groups is 2. The Kier molecular flexibility index (Phi) is 6.38. The molecule has 5 aromatic rings. The molecule has 0 fully saturated rings. The van der Waals surface area contributed by atoms with Crippen molar-refractivity contribution in [3.63, 3.8) is 0 Å². The number of nitrogens with zero attached hydrogens (tertiary/aromatic N) is 3. The zero-order valence-electron chi connectivity index (χ0n) is 20.1. The molecule has 10 nitrogen and oxygen atoms in total. The number of aryl methyl sites for hydroxylation is 1. The van der Waals surface area contributed by atoms with Crippen LogP contribution in [0.25, 0.3) is 33.6 Å². The highest BCUT2D eigenvalue weighted by Gasteiger charge is 2.24. The van der Waals surface area contributed by atoms with Gasteiger partial charge in [0.05, 0.1) is 18.3 Å². The van der Waals surface area contributed by atoms with E-state index in [1.807, 2.05) is 42.5 Å². The number of aromatic nitrogens is 4. The second kappa shape index (κ2) is 9.94. The number of hydrogen-bond acceptors (Lipinski definition) is 7. The van der Waals surface area contributed by atoms with Gasteiger partial charge in [0.15, 0.2) is 0 Å². The average molecular weight is 498 g/mol. The van der Waals surface area contributed by atoms with E-state index >= 15 is 0 Å². The van der Waals surface area contributed by atoms with Crippen molar-refractivity contribution in [3.05, 3.63) is 83.9 Å². The molecule has 186 valence electrons. The summed E-state index contributed by atoms with van der Waals surface area (Å²) in [6, 6.07) is 16.6. The van der Waals surface area contributed by atoms with Crippen LogP contribution in [0, 0.1) is 6.92 Å². The van der Waals surface area contributed by atoms with Crippen molar-refractivity contribution >= 4 is 28.8 Å². The molecule has 0 aliphatic heterocycles. The number of rotatable bonds is 7. The lowest BCUT2D eigenvalue weighted by Crippen LogP contribution is -2.16. The van der Waals surface area contributed by atoms with E-state index in [0.717, 1.165) is 16.7 Å². The van der Waals surface area contributed by atoms with Gasteiger partial charge in [-0.05, 0) is 30.5 Å². The van der Waals surface area contributed by atoms with Crippen molar-refractivity contribution in [1.29, 1.82) is 0 Å². The van der Waals surface area contributed by atoms with Crippen LogP contribution in [0.5, 0.6) is 0 Å². The molecule has 0 bridgehead atoms. The first-order valence-corrected chi connectivity index (χ1v) is 11.5. The molecule has 3 N–H and O–H groups in total. The molecule has 0 saturated heterocycles. The fraction of sp³-hybridized carbons (Fsp3) is 0.148. The Morgan fingerprint density at radius 2 is 1.86 bits per heavy atom. The number of nitrogens with one attached hydrogen (secondary N) is 2. The zero-order valence-corrected chi connectivity index (χ0v) is 20.1. The van der Waals surface area contributed by atoms with Crippen molar-refractivity contribution < 1.29 is 24.0 Å². The lowest BCUT2D eigenvalue weighted by Gasteiger charge is -2.14. The Labute approximate surface area is 211 Å². The summed E-state index contributed by atoms with van der Waals surface area (Å²) in [7, 11) is 0. The second-order valence-electron chi connectivity index (χ2n) is 8.47. The van der Waals surface area contributed by atoms with E-state index in [4.69, 9.17) is 14.4 Å². The molecule has 0 saturated carbocycles. The van der Waals surface area contributed by atoms with Crippen LogP contribution < -0.4 is 5.32 Å². The Morgan fingerprint density at radius 1 is 1.11 bits per heavy atom. The minimum Gasteiger partial charge on any atom is -0.481 e. The number of aromatic amines is 1. The molecule has 2 aromatic carbocycles. The van der Waals surface area contributed by atoms with Gasteiger partial charge in [-0.3, -0.25) is 10.1 Å². The van der Waals surface area contributed by atoms with Gasteiger partial charge in [-0.1, -0.05) is 59.8 Å². The van der Waals surface area contributed by atoms with Gasteiger partial charge in [-0.15, -0.1) is 0 Å². The van der Waals surface area contributed by atoms with Crippen LogP contribution in [0.3, 0.4) is 0 Å². The van der Waals surface area contributed by atoms with Gasteiger partial charge in [0.25, 0.3) is 0 Å². The van der Waals surface area contributed by atoms with E-state index in [1.54, 1.807) is 38.5 Å². The van der Waals surface area contributed by atoms with Crippen molar-refractivity contribution in [2.75, 3.05) is 5.32 Å². The number of amides is 1. The standard InChI is InChI=1S/C27H23N5O5/c1-15-22(31-27(35)36-16(2)18-6-4-3-5-7-18)26(37-32-15)25-24-23(29-14-30-24)20(13-28-25)19-10-8-17(9-11-19)12-21(33)34/h3-11,13-14,16H,12H2,1-2H3,(H,29,30)(H,31,35)(H,33,34). The third kappa shape index (κ3) is 4.90. The number of H-pyrrole nitrogens is 1. The molecule has 0 spiro atoms. The number of carbonyl (C=O) groups excluding carboxylic acids is 1. The highest BCUT2D eigenvalue weighted by molar-refractivity contribution is 6.01. The predicted octanol–water partition coefficient (Wildman–Crippen LogP) is 5.53. The van der Waals surface area contributed by atoms with Crippen LogP contribution in [-0.2, 0) is 16.0 Å². The number of aliphatic carboxylic acids is 1. The number of ether oxygens (including phenoxy) is 1. The molecule has 3 aromatic heterocycles. The number of anilines is 1. The summed E-state index contributed by atoms with van der Waals surface area (Å²) in [5.74, 6) is -0.637. The van der Waals surface area contributed by atoms with Gasteiger partial charge in [-0.2, -0.15) is 0 Å². The summed E-state index contributed by atoms with van der Waals surface area (Å²) in [5.41, 5.74) is 5.61. The summed E-state index contributed by atoms with van der Waals surface area (Å²) in [6.07, 6.45) is 2.05. The van der Waals surface area contributed by atoms with E-state index < -0.39 is 18.2 Å². The smallest absolute Gasteiger partial charge is 0.412 e. The summed E-state index contributed by atoms with van der Waals surface area (Å²) in [4.78, 5) is 35.8. The fourth-order valence-electron chi connectivity index (χ4n) is 4.06. The Bertz CT molecular complexity index is 1570. The second-order valence-corrected chi connectivity index (χ2v) is 8.47. The number of fused-ring (bicyclic) bond motifs is 1. The summed E-state index contributed by atoms with van der Waals surface area (Å²) < 4.78 is 11.1. The predicted molar refractivity (Wildman–Crippen MR) is 136 cm³/mol. The first-order valence-electron chi connectivity index (χ1n) is 11.5. The zero-order chi connectivity index (χ0) is 25.9. The first kappa shape index (κ1) is 23.7. The molecular formula is C27H23N5O5. The SMILES string of the molecule is Cc1noc(-c2ncc(-c3ccc(CC(=O)O)cc3)c3[nH]cnc23)c1NC(=O)OC(C)c1ccccc1. The van der Waals surface area contributed by atoms with E-state index in [2.05, 4.69) is 25.4 Å². The molecular weight excluding hydrogens is 474 g/mol. The lowest BCUT2D eigenvalue weighted by molar-refractivity contribution is -0.136. The third-order valence-electron chi connectivity index (χ3n) is 5.93. The summed E-state index contributed by atoms with van der Waals surface area (Å²) in [6.45, 7) is 3.50. The molecule has 1 amide bonds. The molecule has 1 atom stereocenters. The largest absolute Gasteiger partial charge is 0.481 e. The Morgan fingerprint density at radius 3 is 2.59 bits per heavy atom. The number of benzene rings is 2. The molecule has 10 heteroatoms. The van der Waals surface area contributed by atoms with Crippen LogP contribution >= 0.6 is 0 Å².